The molecule has 2 saturated heterocycles. The summed E-state index contributed by atoms with van der Waals surface area (Å²) in [7, 11) is 0. The fourth-order valence-electron chi connectivity index (χ4n) is 3.12. The van der Waals surface area contributed by atoms with Gasteiger partial charge in [-0.3, -0.25) is 14.5 Å². The summed E-state index contributed by atoms with van der Waals surface area (Å²) in [6, 6.07) is -0.420. The Hall–Kier alpha value is -1.14. The van der Waals surface area contributed by atoms with Gasteiger partial charge in [-0.25, -0.2) is 0 Å². The number of amides is 2. The molecule has 2 aliphatic rings. The second kappa shape index (κ2) is 7.92. The van der Waals surface area contributed by atoms with Crippen LogP contribution < -0.4 is 5.73 Å². The molecule has 2 rings (SSSR count). The average molecular weight is 310 g/mol. The van der Waals surface area contributed by atoms with Crippen LogP contribution in [0.4, 0.5) is 0 Å². The SMILES string of the molecule is CC[C@@H](C)[C@H](N)C(=O)N1CCN(C(=O)CN2CCCC2)CC1. The van der Waals surface area contributed by atoms with Crippen molar-refractivity contribution in [2.75, 3.05) is 45.8 Å². The maximum Gasteiger partial charge on any atom is 0.239 e. The van der Waals surface area contributed by atoms with E-state index in [1.807, 2.05) is 23.6 Å². The van der Waals surface area contributed by atoms with E-state index in [0.29, 0.717) is 32.7 Å². The summed E-state index contributed by atoms with van der Waals surface area (Å²) < 4.78 is 0. The molecule has 0 saturated carbocycles. The Bertz CT molecular complexity index is 388. The Morgan fingerprint density at radius 3 is 2.09 bits per heavy atom. The standard InChI is InChI=1S/C16H30N4O2/c1-3-13(2)15(17)16(22)20-10-8-19(9-11-20)14(21)12-18-6-4-5-7-18/h13,15H,3-12,17H2,1-2H3/t13-,15+/m1/s1. The number of carbonyl (C=O) groups excluding carboxylic acids is 2. The zero-order valence-corrected chi connectivity index (χ0v) is 14.0. The van der Waals surface area contributed by atoms with Crippen LogP contribution in [0.25, 0.3) is 0 Å². The lowest BCUT2D eigenvalue weighted by Crippen LogP contribution is -2.56. The number of rotatable bonds is 5. The van der Waals surface area contributed by atoms with Crippen molar-refractivity contribution in [1.82, 2.24) is 14.7 Å². The van der Waals surface area contributed by atoms with Gasteiger partial charge in [0.1, 0.15) is 0 Å². The van der Waals surface area contributed by atoms with E-state index < -0.39 is 6.04 Å². The molecule has 2 N–H and O–H groups in total. The third-order valence-corrected chi connectivity index (χ3v) is 5.04. The Labute approximate surface area is 133 Å². The lowest BCUT2D eigenvalue weighted by atomic mass is 9.98. The molecule has 2 heterocycles. The Balaban J connectivity index is 1.77. The van der Waals surface area contributed by atoms with Gasteiger partial charge in [-0.15, -0.1) is 0 Å². The molecule has 0 aliphatic carbocycles. The zero-order valence-electron chi connectivity index (χ0n) is 14.0. The van der Waals surface area contributed by atoms with Crippen molar-refractivity contribution >= 4 is 11.8 Å². The number of piperazine rings is 1. The fraction of sp³-hybridized carbons (Fsp3) is 0.875. The van der Waals surface area contributed by atoms with Gasteiger partial charge in [0.2, 0.25) is 11.8 Å². The van der Waals surface area contributed by atoms with Crippen LogP contribution in [0.3, 0.4) is 0 Å². The Morgan fingerprint density at radius 2 is 1.55 bits per heavy atom. The fourth-order valence-corrected chi connectivity index (χ4v) is 3.12. The minimum atomic E-state index is -0.420. The highest BCUT2D eigenvalue weighted by molar-refractivity contribution is 5.83. The molecule has 2 atom stereocenters. The minimum absolute atomic E-state index is 0.0287. The summed E-state index contributed by atoms with van der Waals surface area (Å²) in [5, 5.41) is 0. The smallest absolute Gasteiger partial charge is 0.239 e. The molecule has 6 nitrogen and oxygen atoms in total. The van der Waals surface area contributed by atoms with Crippen molar-refractivity contribution < 1.29 is 9.59 Å². The highest BCUT2D eigenvalue weighted by Gasteiger charge is 2.29. The second-order valence-electron chi connectivity index (χ2n) is 6.60. The van der Waals surface area contributed by atoms with Gasteiger partial charge in [0.05, 0.1) is 12.6 Å². The monoisotopic (exact) mass is 310 g/mol. The summed E-state index contributed by atoms with van der Waals surface area (Å²) in [6.07, 6.45) is 3.30. The highest BCUT2D eigenvalue weighted by atomic mass is 16.2. The largest absolute Gasteiger partial charge is 0.338 e. The minimum Gasteiger partial charge on any atom is -0.338 e. The summed E-state index contributed by atoms with van der Waals surface area (Å²) in [5.41, 5.74) is 6.03. The van der Waals surface area contributed by atoms with Crippen molar-refractivity contribution in [3.63, 3.8) is 0 Å². The van der Waals surface area contributed by atoms with Crippen LogP contribution in [0.15, 0.2) is 0 Å². The van der Waals surface area contributed by atoms with Crippen molar-refractivity contribution in [3.05, 3.63) is 0 Å². The molecular weight excluding hydrogens is 280 g/mol. The Kier molecular flexibility index (Phi) is 6.20. The number of hydrogen-bond acceptors (Lipinski definition) is 4. The molecule has 22 heavy (non-hydrogen) atoms. The van der Waals surface area contributed by atoms with Crippen LogP contribution in [0, 0.1) is 5.92 Å². The molecule has 6 heteroatoms. The lowest BCUT2D eigenvalue weighted by molar-refractivity contribution is -0.141. The predicted octanol–water partition coefficient (Wildman–Crippen LogP) is 0.126. The van der Waals surface area contributed by atoms with Crippen molar-refractivity contribution in [3.8, 4) is 0 Å². The molecule has 2 amide bonds. The first-order chi connectivity index (χ1) is 10.5. The van der Waals surface area contributed by atoms with Gasteiger partial charge in [-0.05, 0) is 31.8 Å². The second-order valence-corrected chi connectivity index (χ2v) is 6.60. The maximum atomic E-state index is 12.3. The normalized spacial score (nSPS) is 22.7. The zero-order chi connectivity index (χ0) is 16.1. The Morgan fingerprint density at radius 1 is 1.00 bits per heavy atom. The molecule has 0 spiro atoms. The number of hydrogen-bond donors (Lipinski definition) is 1. The number of likely N-dealkylation sites (tertiary alicyclic amines) is 1. The van der Waals surface area contributed by atoms with Crippen LogP contribution in [0.5, 0.6) is 0 Å². The average Bonchev–Trinajstić information content (AvgIpc) is 3.05. The first-order valence-corrected chi connectivity index (χ1v) is 8.57. The quantitative estimate of drug-likeness (QED) is 0.783. The number of carbonyl (C=O) groups is 2. The predicted molar refractivity (Wildman–Crippen MR) is 86.3 cm³/mol. The van der Waals surface area contributed by atoms with Crippen LogP contribution in [-0.4, -0.2) is 78.4 Å². The third kappa shape index (κ3) is 4.20. The molecule has 0 aromatic carbocycles. The van der Waals surface area contributed by atoms with Crippen LogP contribution >= 0.6 is 0 Å². The van der Waals surface area contributed by atoms with Crippen LogP contribution in [-0.2, 0) is 9.59 Å². The van der Waals surface area contributed by atoms with E-state index in [9.17, 15) is 9.59 Å². The van der Waals surface area contributed by atoms with E-state index >= 15 is 0 Å². The first kappa shape index (κ1) is 17.2. The first-order valence-electron chi connectivity index (χ1n) is 8.57. The van der Waals surface area contributed by atoms with E-state index in [0.717, 1.165) is 19.5 Å². The van der Waals surface area contributed by atoms with E-state index in [2.05, 4.69) is 4.90 Å². The molecule has 2 fully saturated rings. The molecule has 126 valence electrons. The highest BCUT2D eigenvalue weighted by Crippen LogP contribution is 2.12. The molecule has 2 aliphatic heterocycles. The van der Waals surface area contributed by atoms with E-state index in [-0.39, 0.29) is 17.7 Å². The van der Waals surface area contributed by atoms with Crippen molar-refractivity contribution in [2.24, 2.45) is 11.7 Å². The molecule has 0 radical (unpaired) electrons. The third-order valence-electron chi connectivity index (χ3n) is 5.04. The van der Waals surface area contributed by atoms with Gasteiger partial charge in [-0.2, -0.15) is 0 Å². The van der Waals surface area contributed by atoms with E-state index in [1.54, 1.807) is 0 Å². The van der Waals surface area contributed by atoms with Gasteiger partial charge >= 0.3 is 0 Å². The summed E-state index contributed by atoms with van der Waals surface area (Å²) >= 11 is 0. The van der Waals surface area contributed by atoms with Crippen molar-refractivity contribution in [2.45, 2.75) is 39.2 Å². The van der Waals surface area contributed by atoms with Gasteiger partial charge < -0.3 is 15.5 Å². The summed E-state index contributed by atoms with van der Waals surface area (Å²) in [6.45, 7) is 9.13. The van der Waals surface area contributed by atoms with Gasteiger partial charge in [0.15, 0.2) is 0 Å². The topological polar surface area (TPSA) is 69.9 Å². The van der Waals surface area contributed by atoms with Gasteiger partial charge in [0, 0.05) is 26.2 Å². The van der Waals surface area contributed by atoms with E-state index in [4.69, 9.17) is 5.73 Å². The van der Waals surface area contributed by atoms with E-state index in [1.165, 1.54) is 12.8 Å². The van der Waals surface area contributed by atoms with Crippen LogP contribution in [0.1, 0.15) is 33.1 Å². The molecular formula is C16H30N4O2. The van der Waals surface area contributed by atoms with Gasteiger partial charge in [-0.1, -0.05) is 20.3 Å². The van der Waals surface area contributed by atoms with Crippen molar-refractivity contribution in [1.29, 1.82) is 0 Å². The number of nitrogens with two attached hydrogens (primary N) is 1. The lowest BCUT2D eigenvalue weighted by Gasteiger charge is -2.37. The number of nitrogens with zero attached hydrogens (tertiary/aromatic N) is 3. The van der Waals surface area contributed by atoms with Crippen LogP contribution in [0.2, 0.25) is 0 Å². The molecule has 0 bridgehead atoms. The maximum absolute atomic E-state index is 12.3. The molecule has 0 unspecified atom stereocenters. The molecule has 0 aromatic rings. The summed E-state index contributed by atoms with van der Waals surface area (Å²) in [4.78, 5) is 30.5. The molecule has 0 aromatic heterocycles. The van der Waals surface area contributed by atoms with Gasteiger partial charge in [0.25, 0.3) is 0 Å². The summed E-state index contributed by atoms with van der Waals surface area (Å²) in [5.74, 6) is 0.420.